The Kier molecular flexibility index (Phi) is 3.96. The third kappa shape index (κ3) is 2.67. The van der Waals surface area contributed by atoms with E-state index in [1.54, 1.807) is 6.92 Å². The summed E-state index contributed by atoms with van der Waals surface area (Å²) < 4.78 is 39.3. The fourth-order valence-corrected chi connectivity index (χ4v) is 2.40. The molecule has 2 rings (SSSR count). The van der Waals surface area contributed by atoms with E-state index in [4.69, 9.17) is 0 Å². The number of halogens is 4. The van der Waals surface area contributed by atoms with E-state index in [0.29, 0.717) is 11.1 Å². The number of hydrogen-bond donors (Lipinski definition) is 1. The normalized spacial score (nSPS) is 12.5. The van der Waals surface area contributed by atoms with Crippen molar-refractivity contribution in [2.24, 2.45) is 0 Å². The predicted octanol–water partition coefficient (Wildman–Crippen LogP) is 4.26. The van der Waals surface area contributed by atoms with Crippen molar-refractivity contribution in [3.05, 3.63) is 68.9 Å². The fraction of sp³-hybridized carbons (Fsp3) is 0.143. The molecule has 0 aliphatic heterocycles. The largest absolute Gasteiger partial charge is 0.384 e. The van der Waals surface area contributed by atoms with Gasteiger partial charge in [0.15, 0.2) is 11.6 Å². The van der Waals surface area contributed by atoms with Crippen LogP contribution in [-0.4, -0.2) is 5.11 Å². The zero-order valence-electron chi connectivity index (χ0n) is 9.92. The standard InChI is InChI=1S/C14H10BrF3O/c1-7-6-8(16)2-3-9(7)14(19)10-4-5-11(17)13(18)12(10)15/h2-6,14,19H,1H3. The summed E-state index contributed by atoms with van der Waals surface area (Å²) in [4.78, 5) is 0. The molecule has 0 radical (unpaired) electrons. The topological polar surface area (TPSA) is 20.2 Å². The Bertz CT molecular complexity index is 628. The van der Waals surface area contributed by atoms with Crippen LogP contribution < -0.4 is 0 Å². The maximum absolute atomic E-state index is 13.4. The van der Waals surface area contributed by atoms with Crippen LogP contribution in [0.15, 0.2) is 34.8 Å². The molecule has 1 atom stereocenters. The Labute approximate surface area is 116 Å². The number of aryl methyl sites for hydroxylation is 1. The second kappa shape index (κ2) is 5.35. The van der Waals surface area contributed by atoms with Crippen molar-refractivity contribution in [1.82, 2.24) is 0 Å². The number of benzene rings is 2. The fourth-order valence-electron chi connectivity index (χ4n) is 1.87. The van der Waals surface area contributed by atoms with Gasteiger partial charge < -0.3 is 5.11 Å². The van der Waals surface area contributed by atoms with Gasteiger partial charge in [-0.2, -0.15) is 0 Å². The highest BCUT2D eigenvalue weighted by Crippen LogP contribution is 2.32. The third-order valence-corrected chi connectivity index (χ3v) is 3.69. The lowest BCUT2D eigenvalue weighted by Crippen LogP contribution is -2.05. The SMILES string of the molecule is Cc1cc(F)ccc1C(O)c1ccc(F)c(F)c1Br. The molecule has 2 aromatic rings. The highest BCUT2D eigenvalue weighted by molar-refractivity contribution is 9.10. The molecule has 0 spiro atoms. The van der Waals surface area contributed by atoms with Crippen molar-refractivity contribution in [3.63, 3.8) is 0 Å². The summed E-state index contributed by atoms with van der Waals surface area (Å²) in [5.41, 5.74) is 1.16. The van der Waals surface area contributed by atoms with Gasteiger partial charge in [0.25, 0.3) is 0 Å². The Morgan fingerprint density at radius 1 is 1.05 bits per heavy atom. The van der Waals surface area contributed by atoms with Crippen LogP contribution in [0.5, 0.6) is 0 Å². The molecular weight excluding hydrogens is 321 g/mol. The van der Waals surface area contributed by atoms with Crippen LogP contribution in [0, 0.1) is 24.4 Å². The molecule has 100 valence electrons. The van der Waals surface area contributed by atoms with Crippen molar-refractivity contribution >= 4 is 15.9 Å². The molecule has 0 aromatic heterocycles. The molecule has 1 unspecified atom stereocenters. The maximum Gasteiger partial charge on any atom is 0.173 e. The van der Waals surface area contributed by atoms with Crippen LogP contribution in [-0.2, 0) is 0 Å². The summed E-state index contributed by atoms with van der Waals surface area (Å²) in [5.74, 6) is -2.48. The van der Waals surface area contributed by atoms with Gasteiger partial charge in [-0.15, -0.1) is 0 Å². The lowest BCUT2D eigenvalue weighted by Gasteiger charge is -2.16. The molecule has 2 aromatic carbocycles. The lowest BCUT2D eigenvalue weighted by atomic mass is 9.97. The molecule has 0 saturated carbocycles. The minimum atomic E-state index is -1.16. The van der Waals surface area contributed by atoms with Gasteiger partial charge in [-0.1, -0.05) is 12.1 Å². The average Bonchev–Trinajstić information content (AvgIpc) is 2.35. The van der Waals surface area contributed by atoms with Gasteiger partial charge in [-0.3, -0.25) is 0 Å². The molecule has 1 nitrogen and oxygen atoms in total. The second-order valence-corrected chi connectivity index (χ2v) is 4.96. The summed E-state index contributed by atoms with van der Waals surface area (Å²) in [6.45, 7) is 1.63. The molecule has 5 heteroatoms. The van der Waals surface area contributed by atoms with E-state index in [2.05, 4.69) is 15.9 Å². The Morgan fingerprint density at radius 3 is 2.32 bits per heavy atom. The van der Waals surface area contributed by atoms with Crippen LogP contribution in [0.2, 0.25) is 0 Å². The van der Waals surface area contributed by atoms with E-state index in [0.717, 1.165) is 6.07 Å². The van der Waals surface area contributed by atoms with Crippen molar-refractivity contribution in [3.8, 4) is 0 Å². The van der Waals surface area contributed by atoms with Gasteiger partial charge in [0, 0.05) is 5.56 Å². The third-order valence-electron chi connectivity index (χ3n) is 2.89. The van der Waals surface area contributed by atoms with E-state index in [1.165, 1.54) is 24.3 Å². The van der Waals surface area contributed by atoms with E-state index in [9.17, 15) is 18.3 Å². The van der Waals surface area contributed by atoms with Crippen LogP contribution >= 0.6 is 15.9 Å². The highest BCUT2D eigenvalue weighted by atomic mass is 79.9. The predicted molar refractivity (Wildman–Crippen MR) is 69.3 cm³/mol. The zero-order valence-corrected chi connectivity index (χ0v) is 11.5. The van der Waals surface area contributed by atoms with Crippen LogP contribution in [0.4, 0.5) is 13.2 Å². The minimum absolute atomic E-state index is 0.135. The number of hydrogen-bond acceptors (Lipinski definition) is 1. The molecule has 0 bridgehead atoms. The van der Waals surface area contributed by atoms with Crippen molar-refractivity contribution in [1.29, 1.82) is 0 Å². The van der Waals surface area contributed by atoms with Crippen LogP contribution in [0.3, 0.4) is 0 Å². The summed E-state index contributed by atoms with van der Waals surface area (Å²) >= 11 is 2.92. The molecular formula is C14H10BrF3O. The van der Waals surface area contributed by atoms with E-state index in [-0.39, 0.29) is 10.0 Å². The van der Waals surface area contributed by atoms with Crippen LogP contribution in [0.25, 0.3) is 0 Å². The molecule has 0 amide bonds. The summed E-state index contributed by atoms with van der Waals surface area (Å²) in [6.07, 6.45) is -1.16. The van der Waals surface area contributed by atoms with Crippen molar-refractivity contribution in [2.45, 2.75) is 13.0 Å². The zero-order chi connectivity index (χ0) is 14.2. The maximum atomic E-state index is 13.4. The average molecular weight is 331 g/mol. The van der Waals surface area contributed by atoms with Crippen molar-refractivity contribution in [2.75, 3.05) is 0 Å². The highest BCUT2D eigenvalue weighted by Gasteiger charge is 2.20. The van der Waals surface area contributed by atoms with Gasteiger partial charge >= 0.3 is 0 Å². The summed E-state index contributed by atoms with van der Waals surface area (Å²) in [5, 5.41) is 10.2. The quantitative estimate of drug-likeness (QED) is 0.816. The van der Waals surface area contributed by atoms with Crippen molar-refractivity contribution < 1.29 is 18.3 Å². The lowest BCUT2D eigenvalue weighted by molar-refractivity contribution is 0.217. The van der Waals surface area contributed by atoms with E-state index >= 15 is 0 Å². The number of aliphatic hydroxyl groups is 1. The van der Waals surface area contributed by atoms with E-state index < -0.39 is 23.6 Å². The molecule has 0 aliphatic carbocycles. The Balaban J connectivity index is 2.50. The van der Waals surface area contributed by atoms with Crippen LogP contribution in [0.1, 0.15) is 22.8 Å². The second-order valence-electron chi connectivity index (χ2n) is 4.17. The van der Waals surface area contributed by atoms with E-state index in [1.807, 2.05) is 0 Å². The number of rotatable bonds is 2. The Morgan fingerprint density at radius 2 is 1.68 bits per heavy atom. The molecule has 0 fully saturated rings. The number of aliphatic hydroxyl groups excluding tert-OH is 1. The molecule has 0 heterocycles. The molecule has 0 saturated heterocycles. The first kappa shape index (κ1) is 14.1. The van der Waals surface area contributed by atoms with Gasteiger partial charge in [0.05, 0.1) is 4.47 Å². The van der Waals surface area contributed by atoms with Gasteiger partial charge in [0.1, 0.15) is 11.9 Å². The molecule has 0 aliphatic rings. The molecule has 19 heavy (non-hydrogen) atoms. The first-order valence-electron chi connectivity index (χ1n) is 5.49. The summed E-state index contributed by atoms with van der Waals surface area (Å²) in [7, 11) is 0. The summed E-state index contributed by atoms with van der Waals surface area (Å²) in [6, 6.07) is 6.13. The Hall–Kier alpha value is -1.33. The monoisotopic (exact) mass is 330 g/mol. The first-order chi connectivity index (χ1) is 8.91. The van der Waals surface area contributed by atoms with Gasteiger partial charge in [0.2, 0.25) is 0 Å². The minimum Gasteiger partial charge on any atom is -0.384 e. The molecule has 1 N–H and O–H groups in total. The van der Waals surface area contributed by atoms with Gasteiger partial charge in [-0.25, -0.2) is 13.2 Å². The smallest absolute Gasteiger partial charge is 0.173 e. The first-order valence-corrected chi connectivity index (χ1v) is 6.28. The van der Waals surface area contributed by atoms with Gasteiger partial charge in [-0.05, 0) is 52.2 Å².